The van der Waals surface area contributed by atoms with Gasteiger partial charge in [0.1, 0.15) is 18.0 Å². The van der Waals surface area contributed by atoms with Gasteiger partial charge in [-0.1, -0.05) is 32.0 Å². The van der Waals surface area contributed by atoms with E-state index in [-0.39, 0.29) is 30.3 Å². The van der Waals surface area contributed by atoms with Gasteiger partial charge in [0, 0.05) is 31.6 Å². The zero-order chi connectivity index (χ0) is 24.7. The lowest BCUT2D eigenvalue weighted by atomic mass is 9.97. The SMILES string of the molecule is COCCN(CC(=O)N1N=C(c2ccc(OC)cc2)CC1c1ccccc1OC)C(=O)C(C)C. The fraction of sp³-hybridized carbons (Fsp3) is 0.423. The van der Waals surface area contributed by atoms with Crippen molar-refractivity contribution < 1.29 is 23.8 Å². The van der Waals surface area contributed by atoms with E-state index in [1.807, 2.05) is 62.4 Å². The number of hydrazone groups is 1. The van der Waals surface area contributed by atoms with Gasteiger partial charge in [0.2, 0.25) is 5.91 Å². The van der Waals surface area contributed by atoms with Crippen molar-refractivity contribution >= 4 is 17.5 Å². The topological polar surface area (TPSA) is 80.7 Å². The van der Waals surface area contributed by atoms with Gasteiger partial charge in [-0.05, 0) is 35.9 Å². The molecule has 2 amide bonds. The van der Waals surface area contributed by atoms with Crippen LogP contribution in [0.1, 0.15) is 37.4 Å². The fourth-order valence-electron chi connectivity index (χ4n) is 3.95. The molecule has 0 aromatic heterocycles. The average Bonchev–Trinajstić information content (AvgIpc) is 3.31. The summed E-state index contributed by atoms with van der Waals surface area (Å²) in [7, 11) is 4.80. The van der Waals surface area contributed by atoms with Gasteiger partial charge in [-0.25, -0.2) is 5.01 Å². The first-order valence-electron chi connectivity index (χ1n) is 11.3. The highest BCUT2D eigenvalue weighted by Crippen LogP contribution is 2.37. The van der Waals surface area contributed by atoms with Crippen molar-refractivity contribution in [2.45, 2.75) is 26.3 Å². The molecule has 8 nitrogen and oxygen atoms in total. The van der Waals surface area contributed by atoms with Crippen molar-refractivity contribution in [1.82, 2.24) is 9.91 Å². The Bertz CT molecular complexity index is 1020. The number of hydrogen-bond acceptors (Lipinski definition) is 6. The van der Waals surface area contributed by atoms with Gasteiger partial charge < -0.3 is 19.1 Å². The van der Waals surface area contributed by atoms with Crippen LogP contribution in [0.15, 0.2) is 53.6 Å². The zero-order valence-corrected chi connectivity index (χ0v) is 20.5. The Morgan fingerprint density at radius 3 is 2.38 bits per heavy atom. The minimum Gasteiger partial charge on any atom is -0.497 e. The molecule has 0 fully saturated rings. The minimum atomic E-state index is -0.348. The monoisotopic (exact) mass is 467 g/mol. The number of nitrogens with zero attached hydrogens (tertiary/aromatic N) is 3. The van der Waals surface area contributed by atoms with Gasteiger partial charge in [0.25, 0.3) is 5.91 Å². The molecule has 1 aliphatic heterocycles. The highest BCUT2D eigenvalue weighted by Gasteiger charge is 2.36. The van der Waals surface area contributed by atoms with Gasteiger partial charge in [0.05, 0.1) is 32.6 Å². The molecule has 182 valence electrons. The van der Waals surface area contributed by atoms with Gasteiger partial charge in [-0.2, -0.15) is 5.10 Å². The first-order valence-corrected chi connectivity index (χ1v) is 11.3. The lowest BCUT2D eigenvalue weighted by Gasteiger charge is -2.28. The van der Waals surface area contributed by atoms with Crippen LogP contribution in [0.4, 0.5) is 0 Å². The molecule has 1 atom stereocenters. The van der Waals surface area contributed by atoms with Crippen LogP contribution < -0.4 is 9.47 Å². The Balaban J connectivity index is 1.94. The van der Waals surface area contributed by atoms with Crippen LogP contribution in [-0.4, -0.2) is 68.5 Å². The Labute approximate surface area is 201 Å². The summed E-state index contributed by atoms with van der Waals surface area (Å²) in [5.41, 5.74) is 2.56. The van der Waals surface area contributed by atoms with Crippen molar-refractivity contribution in [3.63, 3.8) is 0 Å². The fourth-order valence-corrected chi connectivity index (χ4v) is 3.95. The van der Waals surface area contributed by atoms with Crippen LogP contribution in [0.2, 0.25) is 0 Å². The number of amides is 2. The Kier molecular flexibility index (Phi) is 8.65. The third kappa shape index (κ3) is 5.75. The molecule has 1 aliphatic rings. The predicted octanol–water partition coefficient (Wildman–Crippen LogP) is 3.51. The van der Waals surface area contributed by atoms with E-state index < -0.39 is 0 Å². The summed E-state index contributed by atoms with van der Waals surface area (Å²) in [5.74, 6) is 0.845. The predicted molar refractivity (Wildman–Crippen MR) is 130 cm³/mol. The normalized spacial score (nSPS) is 15.3. The molecule has 0 bridgehead atoms. The quantitative estimate of drug-likeness (QED) is 0.534. The van der Waals surface area contributed by atoms with Crippen molar-refractivity contribution in [2.24, 2.45) is 11.0 Å². The maximum Gasteiger partial charge on any atom is 0.262 e. The first kappa shape index (κ1) is 25.2. The van der Waals surface area contributed by atoms with Crippen molar-refractivity contribution in [3.8, 4) is 11.5 Å². The van der Waals surface area contributed by atoms with Crippen LogP contribution in [-0.2, 0) is 14.3 Å². The highest BCUT2D eigenvalue weighted by molar-refractivity contribution is 6.03. The Morgan fingerprint density at radius 2 is 1.76 bits per heavy atom. The molecule has 8 heteroatoms. The maximum absolute atomic E-state index is 13.5. The van der Waals surface area contributed by atoms with Crippen LogP contribution in [0, 0.1) is 5.92 Å². The van der Waals surface area contributed by atoms with Crippen LogP contribution >= 0.6 is 0 Å². The second-order valence-corrected chi connectivity index (χ2v) is 8.38. The van der Waals surface area contributed by atoms with E-state index in [1.54, 1.807) is 21.3 Å². The third-order valence-corrected chi connectivity index (χ3v) is 5.78. The standard InChI is InChI=1S/C26H33N3O5/c1-18(2)26(31)28(14-15-32-3)17-25(30)29-23(21-8-6-7-9-24(21)34-5)16-22(27-29)19-10-12-20(33-4)13-11-19/h6-13,18,23H,14-17H2,1-5H3. The Morgan fingerprint density at radius 1 is 1.06 bits per heavy atom. The molecule has 0 N–H and O–H groups in total. The third-order valence-electron chi connectivity index (χ3n) is 5.78. The van der Waals surface area contributed by atoms with Crippen molar-refractivity contribution in [1.29, 1.82) is 0 Å². The van der Waals surface area contributed by atoms with E-state index in [1.165, 1.54) is 9.91 Å². The van der Waals surface area contributed by atoms with E-state index in [2.05, 4.69) is 0 Å². The van der Waals surface area contributed by atoms with Gasteiger partial charge in [0.15, 0.2) is 0 Å². The maximum atomic E-state index is 13.5. The highest BCUT2D eigenvalue weighted by atomic mass is 16.5. The van der Waals surface area contributed by atoms with Gasteiger partial charge in [-0.3, -0.25) is 9.59 Å². The number of para-hydroxylation sites is 1. The molecule has 0 radical (unpaired) electrons. The number of ether oxygens (including phenoxy) is 3. The molecular formula is C26H33N3O5. The summed E-state index contributed by atoms with van der Waals surface area (Å²) in [6.07, 6.45) is 0.522. The molecular weight excluding hydrogens is 434 g/mol. The lowest BCUT2D eigenvalue weighted by Crippen LogP contribution is -2.44. The summed E-state index contributed by atoms with van der Waals surface area (Å²) in [5, 5.41) is 6.21. The smallest absolute Gasteiger partial charge is 0.262 e. The summed E-state index contributed by atoms with van der Waals surface area (Å²) < 4.78 is 16.0. The van der Waals surface area contributed by atoms with Gasteiger partial charge >= 0.3 is 0 Å². The number of methoxy groups -OCH3 is 3. The second kappa shape index (κ2) is 11.7. The zero-order valence-electron chi connectivity index (χ0n) is 20.5. The summed E-state index contributed by atoms with van der Waals surface area (Å²) >= 11 is 0. The van der Waals surface area contributed by atoms with Crippen LogP contribution in [0.3, 0.4) is 0 Å². The lowest BCUT2D eigenvalue weighted by molar-refractivity contribution is -0.143. The minimum absolute atomic E-state index is 0.0780. The summed E-state index contributed by atoms with van der Waals surface area (Å²) in [4.78, 5) is 27.8. The molecule has 2 aromatic rings. The molecule has 0 saturated heterocycles. The summed E-state index contributed by atoms with van der Waals surface area (Å²) in [6.45, 7) is 4.25. The number of benzene rings is 2. The molecule has 34 heavy (non-hydrogen) atoms. The van der Waals surface area contributed by atoms with E-state index in [9.17, 15) is 9.59 Å². The largest absolute Gasteiger partial charge is 0.497 e. The number of carbonyl (C=O) groups is 2. The van der Waals surface area contributed by atoms with Crippen molar-refractivity contribution in [2.75, 3.05) is 41.0 Å². The molecule has 0 aliphatic carbocycles. The number of carbonyl (C=O) groups excluding carboxylic acids is 2. The summed E-state index contributed by atoms with van der Waals surface area (Å²) in [6, 6.07) is 14.9. The molecule has 0 spiro atoms. The molecule has 2 aromatic carbocycles. The molecule has 0 saturated carbocycles. The first-order chi connectivity index (χ1) is 16.4. The van der Waals surface area contributed by atoms with Gasteiger partial charge in [-0.15, -0.1) is 0 Å². The van der Waals surface area contributed by atoms with Crippen molar-refractivity contribution in [3.05, 3.63) is 59.7 Å². The van der Waals surface area contributed by atoms with E-state index >= 15 is 0 Å². The van der Waals surface area contributed by atoms with E-state index in [4.69, 9.17) is 19.3 Å². The molecule has 3 rings (SSSR count). The number of hydrogen-bond donors (Lipinski definition) is 0. The second-order valence-electron chi connectivity index (χ2n) is 8.38. The van der Waals surface area contributed by atoms with Crippen LogP contribution in [0.25, 0.3) is 0 Å². The average molecular weight is 468 g/mol. The van der Waals surface area contributed by atoms with E-state index in [0.29, 0.717) is 25.3 Å². The van der Waals surface area contributed by atoms with Crippen LogP contribution in [0.5, 0.6) is 11.5 Å². The Hall–Kier alpha value is -3.39. The number of rotatable bonds is 10. The molecule has 1 unspecified atom stereocenters. The molecule has 1 heterocycles. The van der Waals surface area contributed by atoms with E-state index in [0.717, 1.165) is 22.6 Å².